The molecule has 1 N–H and O–H groups in total. The minimum absolute atomic E-state index is 0.0507. The fourth-order valence-corrected chi connectivity index (χ4v) is 4.90. The fourth-order valence-electron chi connectivity index (χ4n) is 3.28. The van der Waals surface area contributed by atoms with Crippen molar-refractivity contribution in [1.29, 1.82) is 0 Å². The molecule has 7 nitrogen and oxygen atoms in total. The lowest BCUT2D eigenvalue weighted by molar-refractivity contribution is 0.0729. The minimum atomic E-state index is -3.49. The van der Waals surface area contributed by atoms with Gasteiger partial charge in [-0.15, -0.1) is 0 Å². The van der Waals surface area contributed by atoms with Crippen molar-refractivity contribution in [3.63, 3.8) is 0 Å². The topological polar surface area (TPSA) is 79.3 Å². The highest BCUT2D eigenvalue weighted by Gasteiger charge is 2.34. The fraction of sp³-hybridized carbons (Fsp3) is 1.00. The highest BCUT2D eigenvalue weighted by atomic mass is 32.2. The van der Waals surface area contributed by atoms with E-state index in [1.54, 1.807) is 7.11 Å². The van der Waals surface area contributed by atoms with Crippen LogP contribution in [0.2, 0.25) is 0 Å². The van der Waals surface area contributed by atoms with Gasteiger partial charge in [-0.1, -0.05) is 20.8 Å². The van der Waals surface area contributed by atoms with E-state index in [4.69, 9.17) is 9.47 Å². The average molecular weight is 395 g/mol. The summed E-state index contributed by atoms with van der Waals surface area (Å²) in [6.07, 6.45) is 1.49. The quantitative estimate of drug-likeness (QED) is 0.530. The van der Waals surface area contributed by atoms with Gasteiger partial charge in [0.25, 0.3) is 0 Å². The first-order valence-electron chi connectivity index (χ1n) is 9.48. The summed E-state index contributed by atoms with van der Waals surface area (Å²) in [6, 6.07) is -0.0511. The number of likely N-dealkylation sites (tertiary alicyclic amines) is 1. The maximum Gasteiger partial charge on any atom is 0.216 e. The summed E-state index contributed by atoms with van der Waals surface area (Å²) in [4.78, 5) is 2.21. The number of piperidine rings is 1. The molecule has 1 atom stereocenters. The first kappa shape index (κ1) is 23.8. The highest BCUT2D eigenvalue weighted by Crippen LogP contribution is 2.24. The van der Waals surface area contributed by atoms with Crippen LogP contribution in [0.4, 0.5) is 0 Å². The van der Waals surface area contributed by atoms with Gasteiger partial charge in [0.15, 0.2) is 0 Å². The summed E-state index contributed by atoms with van der Waals surface area (Å²) >= 11 is 0. The van der Waals surface area contributed by atoms with Crippen molar-refractivity contribution in [2.75, 3.05) is 59.4 Å². The van der Waals surface area contributed by atoms with Gasteiger partial charge in [0.05, 0.1) is 31.7 Å². The second kappa shape index (κ2) is 10.9. The van der Waals surface area contributed by atoms with Crippen LogP contribution in [0.3, 0.4) is 0 Å². The molecule has 1 heterocycles. The molecule has 1 fully saturated rings. The molecule has 0 amide bonds. The maximum absolute atomic E-state index is 12.9. The molecule has 0 aromatic heterocycles. The SMILES string of the molecule is COCCOCCS(=O)(=O)N(CC(O)CC(C)(C)C)C1CCN(C)CC1. The molecule has 1 saturated heterocycles. The molecule has 1 aliphatic rings. The predicted molar refractivity (Wildman–Crippen MR) is 104 cm³/mol. The van der Waals surface area contributed by atoms with Gasteiger partial charge < -0.3 is 19.5 Å². The Balaban J connectivity index is 2.75. The Hall–Kier alpha value is -0.250. The lowest BCUT2D eigenvalue weighted by Gasteiger charge is -2.38. The summed E-state index contributed by atoms with van der Waals surface area (Å²) in [7, 11) is 0.142. The molecule has 0 bridgehead atoms. The number of ether oxygens (including phenoxy) is 2. The molecule has 0 aromatic rings. The number of methoxy groups -OCH3 is 1. The van der Waals surface area contributed by atoms with E-state index >= 15 is 0 Å². The van der Waals surface area contributed by atoms with Crippen molar-refractivity contribution in [2.24, 2.45) is 5.41 Å². The number of nitrogens with zero attached hydrogens (tertiary/aromatic N) is 2. The zero-order valence-corrected chi connectivity index (χ0v) is 17.9. The van der Waals surface area contributed by atoms with Gasteiger partial charge in [0.1, 0.15) is 0 Å². The number of aliphatic hydroxyl groups is 1. The van der Waals surface area contributed by atoms with E-state index in [9.17, 15) is 13.5 Å². The molecule has 0 radical (unpaired) electrons. The molecule has 1 aliphatic heterocycles. The number of aliphatic hydroxyl groups excluding tert-OH is 1. The molecule has 0 aromatic carbocycles. The van der Waals surface area contributed by atoms with Gasteiger partial charge in [-0.25, -0.2) is 8.42 Å². The van der Waals surface area contributed by atoms with Gasteiger partial charge in [-0.3, -0.25) is 0 Å². The van der Waals surface area contributed by atoms with E-state index in [0.717, 1.165) is 25.9 Å². The molecule has 1 unspecified atom stereocenters. The van der Waals surface area contributed by atoms with E-state index < -0.39 is 16.1 Å². The van der Waals surface area contributed by atoms with Gasteiger partial charge in [-0.05, 0) is 44.8 Å². The van der Waals surface area contributed by atoms with Crippen LogP contribution in [0.25, 0.3) is 0 Å². The van der Waals surface area contributed by atoms with Crippen molar-refractivity contribution in [3.8, 4) is 0 Å². The zero-order valence-electron chi connectivity index (χ0n) is 17.1. The summed E-state index contributed by atoms with van der Waals surface area (Å²) < 4.78 is 37.7. The van der Waals surface area contributed by atoms with Crippen LogP contribution in [0.1, 0.15) is 40.0 Å². The standard InChI is InChI=1S/C18H38N2O5S/c1-18(2,3)14-17(21)15-20(16-6-8-19(4)9-7-16)26(22,23)13-12-25-11-10-24-5/h16-17,21H,6-15H2,1-5H3. The largest absolute Gasteiger partial charge is 0.392 e. The Morgan fingerprint density at radius 1 is 1.19 bits per heavy atom. The Morgan fingerprint density at radius 3 is 2.35 bits per heavy atom. The predicted octanol–water partition coefficient (Wildman–Crippen LogP) is 1.17. The number of hydrogen-bond donors (Lipinski definition) is 1. The Bertz CT molecular complexity index is 484. The third-order valence-electron chi connectivity index (χ3n) is 4.61. The normalized spacial score (nSPS) is 19.2. The highest BCUT2D eigenvalue weighted by molar-refractivity contribution is 7.89. The van der Waals surface area contributed by atoms with E-state index in [2.05, 4.69) is 4.90 Å². The summed E-state index contributed by atoms with van der Waals surface area (Å²) in [5, 5.41) is 10.5. The number of sulfonamides is 1. The lowest BCUT2D eigenvalue weighted by Crippen LogP contribution is -2.50. The first-order valence-corrected chi connectivity index (χ1v) is 11.1. The van der Waals surface area contributed by atoms with Crippen LogP contribution in [0.15, 0.2) is 0 Å². The van der Waals surface area contributed by atoms with Gasteiger partial charge >= 0.3 is 0 Å². The van der Waals surface area contributed by atoms with Crippen molar-refractivity contribution in [1.82, 2.24) is 9.21 Å². The molecule has 8 heteroatoms. The van der Waals surface area contributed by atoms with Crippen LogP contribution in [0, 0.1) is 5.41 Å². The monoisotopic (exact) mass is 394 g/mol. The third kappa shape index (κ3) is 9.10. The Morgan fingerprint density at radius 2 is 1.81 bits per heavy atom. The summed E-state index contributed by atoms with van der Waals surface area (Å²) in [6.45, 7) is 9.02. The second-order valence-corrected chi connectivity index (χ2v) is 10.5. The average Bonchev–Trinajstić information content (AvgIpc) is 2.51. The first-order chi connectivity index (χ1) is 12.0. The second-order valence-electron chi connectivity index (χ2n) is 8.44. The van der Waals surface area contributed by atoms with E-state index in [0.29, 0.717) is 19.6 Å². The molecule has 1 rings (SSSR count). The van der Waals surface area contributed by atoms with Crippen molar-refractivity contribution in [3.05, 3.63) is 0 Å². The van der Waals surface area contributed by atoms with Crippen LogP contribution >= 0.6 is 0 Å². The number of rotatable bonds is 11. The molecule has 0 spiro atoms. The van der Waals surface area contributed by atoms with Crippen LogP contribution in [0.5, 0.6) is 0 Å². The molecule has 156 valence electrons. The third-order valence-corrected chi connectivity index (χ3v) is 6.45. The zero-order chi connectivity index (χ0) is 19.8. The van der Waals surface area contributed by atoms with Crippen LogP contribution < -0.4 is 0 Å². The molecular formula is C18H38N2O5S. The van der Waals surface area contributed by atoms with Crippen molar-refractivity contribution >= 4 is 10.0 Å². The Kier molecular flexibility index (Phi) is 9.99. The van der Waals surface area contributed by atoms with Crippen molar-refractivity contribution < 1.29 is 23.0 Å². The summed E-state index contributed by atoms with van der Waals surface area (Å²) in [5.74, 6) is -0.0642. The molecule has 0 saturated carbocycles. The van der Waals surface area contributed by atoms with E-state index in [1.807, 2.05) is 27.8 Å². The van der Waals surface area contributed by atoms with Crippen LogP contribution in [-0.2, 0) is 19.5 Å². The van der Waals surface area contributed by atoms with Gasteiger partial charge in [0, 0.05) is 19.7 Å². The van der Waals surface area contributed by atoms with Gasteiger partial charge in [-0.2, -0.15) is 4.31 Å². The minimum Gasteiger partial charge on any atom is -0.392 e. The molecule has 0 aliphatic carbocycles. The maximum atomic E-state index is 12.9. The Labute approximate surface area is 159 Å². The molecule has 26 heavy (non-hydrogen) atoms. The lowest BCUT2D eigenvalue weighted by atomic mass is 9.89. The van der Waals surface area contributed by atoms with E-state index in [1.165, 1.54) is 4.31 Å². The summed E-state index contributed by atoms with van der Waals surface area (Å²) in [5.41, 5.74) is -0.0507. The van der Waals surface area contributed by atoms with Crippen LogP contribution in [-0.4, -0.2) is 94.2 Å². The number of hydrogen-bond acceptors (Lipinski definition) is 6. The van der Waals surface area contributed by atoms with Gasteiger partial charge in [0.2, 0.25) is 10.0 Å². The van der Waals surface area contributed by atoms with E-state index in [-0.39, 0.29) is 30.4 Å². The van der Waals surface area contributed by atoms with Crippen molar-refractivity contribution in [2.45, 2.75) is 52.2 Å². The molecular weight excluding hydrogens is 356 g/mol. The smallest absolute Gasteiger partial charge is 0.216 e.